The standard InChI is InChI=1S/C20H30N2O/c1-16(2)22(15-18-6-4-3-5-7-18)20(23)14-17-10-12-21(13-11-17)19-8-9-19/h3-7,16-17,19H,8-15H2,1-2H3. The van der Waals surface area contributed by atoms with Crippen LogP contribution in [-0.2, 0) is 11.3 Å². The molecule has 1 heterocycles. The molecule has 1 aliphatic heterocycles. The fourth-order valence-corrected chi connectivity index (χ4v) is 3.66. The molecule has 0 spiro atoms. The van der Waals surface area contributed by atoms with Crippen LogP contribution in [0, 0.1) is 5.92 Å². The van der Waals surface area contributed by atoms with Gasteiger partial charge in [0.1, 0.15) is 0 Å². The van der Waals surface area contributed by atoms with Crippen LogP contribution in [0.3, 0.4) is 0 Å². The SMILES string of the molecule is CC(C)N(Cc1ccccc1)C(=O)CC1CCN(C2CC2)CC1. The molecule has 3 rings (SSSR count). The van der Waals surface area contributed by atoms with Gasteiger partial charge in [-0.05, 0) is 64.1 Å². The average Bonchev–Trinajstić information content (AvgIpc) is 3.39. The van der Waals surface area contributed by atoms with Crippen LogP contribution in [0.15, 0.2) is 30.3 Å². The van der Waals surface area contributed by atoms with E-state index in [4.69, 9.17) is 0 Å². The van der Waals surface area contributed by atoms with Crippen molar-refractivity contribution in [1.82, 2.24) is 9.80 Å². The van der Waals surface area contributed by atoms with Crippen LogP contribution in [0.2, 0.25) is 0 Å². The predicted octanol–water partition coefficient (Wildman–Crippen LogP) is 3.69. The van der Waals surface area contributed by atoms with Crippen molar-refractivity contribution in [1.29, 1.82) is 0 Å². The summed E-state index contributed by atoms with van der Waals surface area (Å²) in [5, 5.41) is 0. The number of hydrogen-bond donors (Lipinski definition) is 0. The lowest BCUT2D eigenvalue weighted by atomic mass is 9.92. The molecule has 1 amide bonds. The van der Waals surface area contributed by atoms with Crippen LogP contribution in [-0.4, -0.2) is 40.9 Å². The lowest BCUT2D eigenvalue weighted by Gasteiger charge is -2.34. The van der Waals surface area contributed by atoms with Gasteiger partial charge in [0.15, 0.2) is 0 Å². The summed E-state index contributed by atoms with van der Waals surface area (Å²) in [6.07, 6.45) is 5.89. The third-order valence-electron chi connectivity index (χ3n) is 5.32. The summed E-state index contributed by atoms with van der Waals surface area (Å²) in [6.45, 7) is 7.37. The number of carbonyl (C=O) groups excluding carboxylic acids is 1. The zero-order chi connectivity index (χ0) is 16.2. The van der Waals surface area contributed by atoms with Gasteiger partial charge in [0.05, 0.1) is 0 Å². The highest BCUT2D eigenvalue weighted by Gasteiger charge is 2.32. The number of benzene rings is 1. The maximum atomic E-state index is 12.8. The minimum absolute atomic E-state index is 0.259. The summed E-state index contributed by atoms with van der Waals surface area (Å²) in [5.41, 5.74) is 1.22. The van der Waals surface area contributed by atoms with Crippen molar-refractivity contribution in [2.45, 2.75) is 64.6 Å². The van der Waals surface area contributed by atoms with Crippen LogP contribution < -0.4 is 0 Å². The molecule has 0 atom stereocenters. The van der Waals surface area contributed by atoms with E-state index in [1.807, 2.05) is 23.1 Å². The molecule has 23 heavy (non-hydrogen) atoms. The zero-order valence-electron chi connectivity index (χ0n) is 14.6. The molecule has 0 N–H and O–H groups in total. The number of likely N-dealkylation sites (tertiary alicyclic amines) is 1. The quantitative estimate of drug-likeness (QED) is 0.799. The Kier molecular flexibility index (Phi) is 5.37. The van der Waals surface area contributed by atoms with Crippen molar-refractivity contribution < 1.29 is 4.79 Å². The molecule has 1 aromatic carbocycles. The molecule has 0 unspecified atom stereocenters. The monoisotopic (exact) mass is 314 g/mol. The van der Waals surface area contributed by atoms with Crippen LogP contribution in [0.25, 0.3) is 0 Å². The summed E-state index contributed by atoms with van der Waals surface area (Å²) in [6, 6.07) is 11.5. The number of rotatable bonds is 6. The maximum absolute atomic E-state index is 12.8. The lowest BCUT2D eigenvalue weighted by Crippen LogP contribution is -2.40. The summed E-state index contributed by atoms with van der Waals surface area (Å²) in [5.74, 6) is 0.906. The molecule has 0 bridgehead atoms. The van der Waals surface area contributed by atoms with E-state index in [2.05, 4.69) is 30.9 Å². The Bertz CT molecular complexity index is 502. The third-order valence-corrected chi connectivity index (χ3v) is 5.32. The van der Waals surface area contributed by atoms with Crippen molar-refractivity contribution in [2.24, 2.45) is 5.92 Å². The molecule has 1 aliphatic carbocycles. The second kappa shape index (κ2) is 7.48. The summed E-state index contributed by atoms with van der Waals surface area (Å²) in [7, 11) is 0. The van der Waals surface area contributed by atoms with Gasteiger partial charge in [0, 0.05) is 25.0 Å². The van der Waals surface area contributed by atoms with Crippen molar-refractivity contribution in [3.63, 3.8) is 0 Å². The number of piperidine rings is 1. The largest absolute Gasteiger partial charge is 0.336 e. The van der Waals surface area contributed by atoms with Crippen molar-refractivity contribution in [3.8, 4) is 0 Å². The molecule has 0 radical (unpaired) electrons. The first-order valence-corrected chi connectivity index (χ1v) is 9.21. The van der Waals surface area contributed by atoms with E-state index in [0.717, 1.165) is 19.0 Å². The first kappa shape index (κ1) is 16.5. The fraction of sp³-hybridized carbons (Fsp3) is 0.650. The fourth-order valence-electron chi connectivity index (χ4n) is 3.66. The van der Waals surface area contributed by atoms with Gasteiger partial charge in [-0.3, -0.25) is 4.79 Å². The van der Waals surface area contributed by atoms with E-state index >= 15 is 0 Å². The van der Waals surface area contributed by atoms with Gasteiger partial charge in [0.2, 0.25) is 5.91 Å². The Labute approximate surface area is 140 Å². The van der Waals surface area contributed by atoms with Crippen LogP contribution >= 0.6 is 0 Å². The molecule has 2 aliphatic rings. The Hall–Kier alpha value is -1.35. The number of nitrogens with zero attached hydrogens (tertiary/aromatic N) is 2. The Morgan fingerprint density at radius 2 is 1.78 bits per heavy atom. The Balaban J connectivity index is 1.52. The van der Waals surface area contributed by atoms with Gasteiger partial charge in [0.25, 0.3) is 0 Å². The second-order valence-corrected chi connectivity index (χ2v) is 7.52. The van der Waals surface area contributed by atoms with E-state index in [1.165, 1.54) is 44.3 Å². The minimum Gasteiger partial charge on any atom is -0.336 e. The van der Waals surface area contributed by atoms with Gasteiger partial charge >= 0.3 is 0 Å². The number of amides is 1. The molecule has 1 aromatic rings. The van der Waals surface area contributed by atoms with Gasteiger partial charge in [-0.1, -0.05) is 30.3 Å². The number of hydrogen-bond acceptors (Lipinski definition) is 2. The van der Waals surface area contributed by atoms with E-state index in [1.54, 1.807) is 0 Å². The maximum Gasteiger partial charge on any atom is 0.223 e. The van der Waals surface area contributed by atoms with Gasteiger partial charge in [-0.25, -0.2) is 0 Å². The highest BCUT2D eigenvalue weighted by atomic mass is 16.2. The summed E-state index contributed by atoms with van der Waals surface area (Å²) in [4.78, 5) is 17.5. The molecule has 2 fully saturated rings. The van der Waals surface area contributed by atoms with Crippen LogP contribution in [0.4, 0.5) is 0 Å². The molecule has 1 saturated heterocycles. The van der Waals surface area contributed by atoms with Crippen molar-refractivity contribution >= 4 is 5.91 Å². The summed E-state index contributed by atoms with van der Waals surface area (Å²) < 4.78 is 0. The lowest BCUT2D eigenvalue weighted by molar-refractivity contribution is -0.135. The Morgan fingerprint density at radius 3 is 2.35 bits per heavy atom. The summed E-state index contributed by atoms with van der Waals surface area (Å²) >= 11 is 0. The predicted molar refractivity (Wildman–Crippen MR) is 94.1 cm³/mol. The van der Waals surface area contributed by atoms with E-state index in [-0.39, 0.29) is 6.04 Å². The zero-order valence-corrected chi connectivity index (χ0v) is 14.6. The van der Waals surface area contributed by atoms with Crippen LogP contribution in [0.1, 0.15) is 51.5 Å². The van der Waals surface area contributed by atoms with Gasteiger partial charge in [-0.2, -0.15) is 0 Å². The Morgan fingerprint density at radius 1 is 1.13 bits per heavy atom. The molecule has 1 saturated carbocycles. The molecule has 0 aromatic heterocycles. The molecular weight excluding hydrogens is 284 g/mol. The first-order chi connectivity index (χ1) is 11.1. The normalized spacial score (nSPS) is 20.0. The van der Waals surface area contributed by atoms with Gasteiger partial charge < -0.3 is 9.80 Å². The van der Waals surface area contributed by atoms with E-state index in [9.17, 15) is 4.79 Å². The number of carbonyl (C=O) groups is 1. The molecule has 3 nitrogen and oxygen atoms in total. The molecular formula is C20H30N2O. The first-order valence-electron chi connectivity index (χ1n) is 9.21. The third kappa shape index (κ3) is 4.57. The second-order valence-electron chi connectivity index (χ2n) is 7.52. The van der Waals surface area contributed by atoms with E-state index < -0.39 is 0 Å². The minimum atomic E-state index is 0.259. The average molecular weight is 314 g/mol. The molecule has 3 heteroatoms. The van der Waals surface area contributed by atoms with E-state index in [0.29, 0.717) is 11.8 Å². The topological polar surface area (TPSA) is 23.6 Å². The van der Waals surface area contributed by atoms with Gasteiger partial charge in [-0.15, -0.1) is 0 Å². The molecule has 126 valence electrons. The highest BCUT2D eigenvalue weighted by Crippen LogP contribution is 2.32. The van der Waals surface area contributed by atoms with Crippen molar-refractivity contribution in [3.05, 3.63) is 35.9 Å². The smallest absolute Gasteiger partial charge is 0.223 e. The van der Waals surface area contributed by atoms with Crippen LogP contribution in [0.5, 0.6) is 0 Å². The highest BCUT2D eigenvalue weighted by molar-refractivity contribution is 5.76. The van der Waals surface area contributed by atoms with Crippen molar-refractivity contribution in [2.75, 3.05) is 13.1 Å².